The molecule has 0 bridgehead atoms. The lowest BCUT2D eigenvalue weighted by Gasteiger charge is -2.49. The number of hydrogen-bond donors (Lipinski definition) is 0. The topological polar surface area (TPSA) is 0 Å². The largest absolute Gasteiger partial charge is 0.207 e. The van der Waals surface area contributed by atoms with Gasteiger partial charge in [0.1, 0.15) is 5.82 Å². The molecular weight excluding hydrogens is 379 g/mol. The van der Waals surface area contributed by atoms with Gasteiger partial charge in [-0.3, -0.25) is 0 Å². The molecule has 2 unspecified atom stereocenters. The normalized spacial score (nSPS) is 28.5. The average molecular weight is 419 g/mol. The van der Waals surface area contributed by atoms with Crippen LogP contribution in [0.2, 0.25) is 0 Å². The van der Waals surface area contributed by atoms with E-state index in [9.17, 15) is 4.39 Å². The van der Waals surface area contributed by atoms with Crippen LogP contribution >= 0.6 is 0 Å². The van der Waals surface area contributed by atoms with Crippen molar-refractivity contribution in [3.8, 4) is 0 Å². The van der Waals surface area contributed by atoms with Crippen molar-refractivity contribution >= 4 is 5.57 Å². The summed E-state index contributed by atoms with van der Waals surface area (Å²) in [5, 5.41) is 0. The molecule has 1 spiro atoms. The first-order valence-corrected chi connectivity index (χ1v) is 12.6. The molecule has 2 fully saturated rings. The van der Waals surface area contributed by atoms with Crippen LogP contribution < -0.4 is 0 Å². The summed E-state index contributed by atoms with van der Waals surface area (Å²) in [7, 11) is 0. The van der Waals surface area contributed by atoms with Gasteiger partial charge in [-0.1, -0.05) is 75.7 Å². The fourth-order valence-corrected chi connectivity index (χ4v) is 6.82. The van der Waals surface area contributed by atoms with Crippen molar-refractivity contribution in [3.63, 3.8) is 0 Å². The standard InChI is InChI=1S/C30H39F/c1-4-10-23-19-26(25-11-7-6-8-12-25)21-30(20-23)17-15-24(16-18-30)22(3)28-13-9-14-29(31)27(28)5-2/h6-9,11-14,23-24,26H,3-5,10,15-21H2,1-2H3. The molecule has 0 amide bonds. The maximum Gasteiger partial charge on any atom is 0.126 e. The molecule has 4 rings (SSSR count). The molecular formula is C30H39F. The summed E-state index contributed by atoms with van der Waals surface area (Å²) in [6, 6.07) is 16.8. The Morgan fingerprint density at radius 1 is 1.00 bits per heavy atom. The molecule has 2 saturated carbocycles. The summed E-state index contributed by atoms with van der Waals surface area (Å²) >= 11 is 0. The Labute approximate surface area is 189 Å². The molecule has 2 atom stereocenters. The summed E-state index contributed by atoms with van der Waals surface area (Å²) in [6.45, 7) is 8.86. The van der Waals surface area contributed by atoms with Crippen molar-refractivity contribution in [2.45, 2.75) is 84.0 Å². The van der Waals surface area contributed by atoms with E-state index < -0.39 is 0 Å². The number of rotatable bonds is 6. The predicted molar refractivity (Wildman–Crippen MR) is 131 cm³/mol. The van der Waals surface area contributed by atoms with E-state index in [2.05, 4.69) is 49.9 Å². The molecule has 166 valence electrons. The molecule has 31 heavy (non-hydrogen) atoms. The SMILES string of the molecule is C=C(c1cccc(F)c1CC)C1CCC2(CC1)CC(CCC)CC(c1ccccc1)C2. The van der Waals surface area contributed by atoms with Gasteiger partial charge in [-0.15, -0.1) is 0 Å². The highest BCUT2D eigenvalue weighted by Crippen LogP contribution is 2.56. The predicted octanol–water partition coefficient (Wildman–Crippen LogP) is 8.96. The summed E-state index contributed by atoms with van der Waals surface area (Å²) in [6.07, 6.45) is 12.5. The second-order valence-electron chi connectivity index (χ2n) is 10.3. The number of halogens is 1. The summed E-state index contributed by atoms with van der Waals surface area (Å²) < 4.78 is 14.3. The lowest BCUT2D eigenvalue weighted by atomic mass is 9.56. The van der Waals surface area contributed by atoms with Gasteiger partial charge in [0, 0.05) is 0 Å². The quantitative estimate of drug-likeness (QED) is 0.439. The van der Waals surface area contributed by atoms with E-state index in [0.29, 0.717) is 17.3 Å². The Morgan fingerprint density at radius 3 is 2.42 bits per heavy atom. The van der Waals surface area contributed by atoms with E-state index in [0.717, 1.165) is 23.5 Å². The van der Waals surface area contributed by atoms with Gasteiger partial charge in [-0.05, 0) is 103 Å². The van der Waals surface area contributed by atoms with E-state index in [1.54, 1.807) is 11.6 Å². The van der Waals surface area contributed by atoms with Crippen LogP contribution in [-0.2, 0) is 6.42 Å². The second kappa shape index (κ2) is 9.72. The van der Waals surface area contributed by atoms with Crippen LogP contribution in [0.4, 0.5) is 4.39 Å². The third-order valence-corrected chi connectivity index (χ3v) is 8.34. The van der Waals surface area contributed by atoms with Crippen molar-refractivity contribution < 1.29 is 4.39 Å². The van der Waals surface area contributed by atoms with Crippen LogP contribution in [0.5, 0.6) is 0 Å². The van der Waals surface area contributed by atoms with Gasteiger partial charge in [0.05, 0.1) is 0 Å². The van der Waals surface area contributed by atoms with Crippen LogP contribution in [0.1, 0.15) is 94.2 Å². The van der Waals surface area contributed by atoms with Crippen molar-refractivity contribution in [1.29, 1.82) is 0 Å². The fourth-order valence-electron chi connectivity index (χ4n) is 6.82. The zero-order valence-electron chi connectivity index (χ0n) is 19.5. The average Bonchev–Trinajstić information content (AvgIpc) is 2.79. The van der Waals surface area contributed by atoms with Gasteiger partial charge in [-0.2, -0.15) is 0 Å². The molecule has 2 aromatic carbocycles. The molecule has 2 aromatic rings. The van der Waals surface area contributed by atoms with Gasteiger partial charge in [0.15, 0.2) is 0 Å². The van der Waals surface area contributed by atoms with Gasteiger partial charge in [0.25, 0.3) is 0 Å². The highest BCUT2D eigenvalue weighted by molar-refractivity contribution is 5.68. The van der Waals surface area contributed by atoms with E-state index in [1.807, 2.05) is 13.0 Å². The third-order valence-electron chi connectivity index (χ3n) is 8.34. The fraction of sp³-hybridized carbons (Fsp3) is 0.533. The monoisotopic (exact) mass is 418 g/mol. The number of allylic oxidation sites excluding steroid dienone is 1. The summed E-state index contributed by atoms with van der Waals surface area (Å²) in [5.74, 6) is 1.99. The molecule has 0 radical (unpaired) electrons. The number of hydrogen-bond acceptors (Lipinski definition) is 0. The van der Waals surface area contributed by atoms with E-state index in [1.165, 1.54) is 63.4 Å². The first-order valence-electron chi connectivity index (χ1n) is 12.6. The van der Waals surface area contributed by atoms with Gasteiger partial charge < -0.3 is 0 Å². The maximum absolute atomic E-state index is 14.3. The Balaban J connectivity index is 1.49. The van der Waals surface area contributed by atoms with Gasteiger partial charge in [-0.25, -0.2) is 4.39 Å². The van der Waals surface area contributed by atoms with Crippen LogP contribution in [0.3, 0.4) is 0 Å². The lowest BCUT2D eigenvalue weighted by molar-refractivity contribution is 0.0608. The highest BCUT2D eigenvalue weighted by atomic mass is 19.1. The molecule has 2 aliphatic rings. The molecule has 0 heterocycles. The summed E-state index contributed by atoms with van der Waals surface area (Å²) in [5.41, 5.74) is 5.12. The zero-order chi connectivity index (χ0) is 21.8. The molecule has 0 nitrogen and oxygen atoms in total. The van der Waals surface area contributed by atoms with Crippen molar-refractivity contribution in [1.82, 2.24) is 0 Å². The molecule has 1 heteroatoms. The zero-order valence-corrected chi connectivity index (χ0v) is 19.5. The smallest absolute Gasteiger partial charge is 0.126 e. The minimum Gasteiger partial charge on any atom is -0.207 e. The van der Waals surface area contributed by atoms with Crippen LogP contribution in [0.15, 0.2) is 55.1 Å². The van der Waals surface area contributed by atoms with Crippen LogP contribution in [0.25, 0.3) is 5.57 Å². The van der Waals surface area contributed by atoms with Gasteiger partial charge >= 0.3 is 0 Å². The number of benzene rings is 2. The van der Waals surface area contributed by atoms with Crippen molar-refractivity contribution in [3.05, 3.63) is 77.6 Å². The van der Waals surface area contributed by atoms with Crippen molar-refractivity contribution in [2.24, 2.45) is 17.3 Å². The van der Waals surface area contributed by atoms with E-state index in [4.69, 9.17) is 0 Å². The molecule has 0 N–H and O–H groups in total. The van der Waals surface area contributed by atoms with Crippen molar-refractivity contribution in [2.75, 3.05) is 0 Å². The minimum atomic E-state index is -0.0752. The molecule has 2 aliphatic carbocycles. The molecule has 0 aromatic heterocycles. The van der Waals surface area contributed by atoms with Gasteiger partial charge in [0.2, 0.25) is 0 Å². The molecule has 0 saturated heterocycles. The van der Waals surface area contributed by atoms with E-state index in [-0.39, 0.29) is 5.82 Å². The second-order valence-corrected chi connectivity index (χ2v) is 10.3. The maximum atomic E-state index is 14.3. The summed E-state index contributed by atoms with van der Waals surface area (Å²) in [4.78, 5) is 0. The Hall–Kier alpha value is -1.89. The minimum absolute atomic E-state index is 0.0752. The third kappa shape index (κ3) is 4.81. The van der Waals surface area contributed by atoms with E-state index >= 15 is 0 Å². The van der Waals surface area contributed by atoms with Crippen LogP contribution in [-0.4, -0.2) is 0 Å². The highest BCUT2D eigenvalue weighted by Gasteiger charge is 2.43. The first kappa shape index (κ1) is 22.3. The first-order chi connectivity index (χ1) is 15.0. The Morgan fingerprint density at radius 2 is 1.74 bits per heavy atom. The Bertz CT molecular complexity index is 873. The lowest BCUT2D eigenvalue weighted by Crippen LogP contribution is -2.36. The Kier molecular flexibility index (Phi) is 6.99. The van der Waals surface area contributed by atoms with Crippen LogP contribution in [0, 0.1) is 23.1 Å². The molecule has 0 aliphatic heterocycles.